The van der Waals surface area contributed by atoms with Crippen LogP contribution in [-0.4, -0.2) is 23.5 Å². The Hall–Kier alpha value is -2.31. The predicted molar refractivity (Wildman–Crippen MR) is 134 cm³/mol. The number of hydrogen-bond acceptors (Lipinski definition) is 5. The van der Waals surface area contributed by atoms with Crippen molar-refractivity contribution in [2.75, 3.05) is 0 Å². The predicted octanol–water partition coefficient (Wildman–Crippen LogP) is 5.98. The monoisotopic (exact) mass is 458 g/mol. The van der Waals surface area contributed by atoms with Crippen molar-refractivity contribution in [3.8, 4) is 11.1 Å². The van der Waals surface area contributed by atoms with Gasteiger partial charge in [-0.3, -0.25) is 9.59 Å². The van der Waals surface area contributed by atoms with E-state index in [-0.39, 0.29) is 23.8 Å². The Kier molecular flexibility index (Phi) is 11.5. The molecule has 0 aliphatic rings. The highest BCUT2D eigenvalue weighted by molar-refractivity contribution is 7.97. The summed E-state index contributed by atoms with van der Waals surface area (Å²) >= 11 is 1.44. The van der Waals surface area contributed by atoms with Crippen molar-refractivity contribution in [1.29, 1.82) is 0 Å². The molecule has 0 saturated heterocycles. The van der Waals surface area contributed by atoms with Crippen LogP contribution >= 0.6 is 11.9 Å². The number of amides is 1. The van der Waals surface area contributed by atoms with E-state index < -0.39 is 5.60 Å². The Morgan fingerprint density at radius 2 is 1.44 bits per heavy atom. The number of carbonyl (C=O) groups is 2. The van der Waals surface area contributed by atoms with Gasteiger partial charge in [-0.15, -0.1) is 0 Å². The second-order valence-corrected chi connectivity index (χ2v) is 9.52. The van der Waals surface area contributed by atoms with Gasteiger partial charge in [0.1, 0.15) is 11.6 Å². The van der Waals surface area contributed by atoms with Gasteiger partial charge in [-0.25, -0.2) is 4.72 Å². The standard InChI is InChI=1S/C24H32N2O3S.C2H6/c1-16(2)22(23(28)29-24(4,5)6)26-30-21-13-11-20(12-14-21)19-9-7-18(8-10-19)15-25-17(3)27;1-2/h7-14,16,22,26H,15H2,1-6H3,(H,25,27);1-2H3. The van der Waals surface area contributed by atoms with Crippen molar-refractivity contribution < 1.29 is 14.3 Å². The van der Waals surface area contributed by atoms with Gasteiger partial charge in [0.25, 0.3) is 0 Å². The van der Waals surface area contributed by atoms with Gasteiger partial charge in [-0.1, -0.05) is 64.1 Å². The van der Waals surface area contributed by atoms with Crippen molar-refractivity contribution in [3.63, 3.8) is 0 Å². The van der Waals surface area contributed by atoms with Crippen LogP contribution in [-0.2, 0) is 20.9 Å². The molecule has 0 heterocycles. The zero-order chi connectivity index (χ0) is 24.3. The molecule has 1 atom stereocenters. The molecule has 0 spiro atoms. The Balaban J connectivity index is 0.00000249. The van der Waals surface area contributed by atoms with Gasteiger partial charge in [-0.05, 0) is 67.5 Å². The van der Waals surface area contributed by atoms with Crippen molar-refractivity contribution >= 4 is 23.8 Å². The highest BCUT2D eigenvalue weighted by Gasteiger charge is 2.27. The molecular weight excluding hydrogens is 420 g/mol. The van der Waals surface area contributed by atoms with E-state index in [0.29, 0.717) is 6.54 Å². The van der Waals surface area contributed by atoms with Gasteiger partial charge in [0.05, 0.1) is 0 Å². The third-order valence-corrected chi connectivity index (χ3v) is 5.19. The number of benzene rings is 2. The molecule has 0 aromatic heterocycles. The molecule has 32 heavy (non-hydrogen) atoms. The maximum Gasteiger partial charge on any atom is 0.324 e. The second kappa shape index (κ2) is 13.3. The summed E-state index contributed by atoms with van der Waals surface area (Å²) in [5, 5.41) is 2.80. The SMILES string of the molecule is CC.CC(=O)NCc1ccc(-c2ccc(SNC(C(=O)OC(C)(C)C)C(C)C)cc2)cc1. The van der Waals surface area contributed by atoms with Gasteiger partial charge < -0.3 is 10.1 Å². The Morgan fingerprint density at radius 1 is 0.938 bits per heavy atom. The first-order chi connectivity index (χ1) is 15.0. The molecule has 6 heteroatoms. The maximum absolute atomic E-state index is 12.5. The molecule has 1 amide bonds. The van der Waals surface area contributed by atoms with Crippen molar-refractivity contribution in [3.05, 3.63) is 54.1 Å². The van der Waals surface area contributed by atoms with Crippen molar-refractivity contribution in [1.82, 2.24) is 10.0 Å². The molecule has 2 N–H and O–H groups in total. The Bertz CT molecular complexity index is 841. The number of hydrogen-bond donors (Lipinski definition) is 2. The number of ether oxygens (including phenoxy) is 1. The van der Waals surface area contributed by atoms with Crippen molar-refractivity contribution in [2.45, 2.75) is 78.5 Å². The van der Waals surface area contributed by atoms with E-state index in [1.54, 1.807) is 0 Å². The number of carbonyl (C=O) groups excluding carboxylic acids is 2. The van der Waals surface area contributed by atoms with E-state index in [0.717, 1.165) is 21.6 Å². The van der Waals surface area contributed by atoms with E-state index >= 15 is 0 Å². The lowest BCUT2D eigenvalue weighted by Crippen LogP contribution is -2.41. The molecule has 0 bridgehead atoms. The van der Waals surface area contributed by atoms with Gasteiger partial charge in [0, 0.05) is 18.4 Å². The highest BCUT2D eigenvalue weighted by Crippen LogP contribution is 2.25. The number of nitrogens with one attached hydrogen (secondary N) is 2. The fraction of sp³-hybridized carbons (Fsp3) is 0.462. The van der Waals surface area contributed by atoms with Crippen LogP contribution in [0.5, 0.6) is 0 Å². The van der Waals surface area contributed by atoms with Crippen LogP contribution in [0, 0.1) is 5.92 Å². The molecular formula is C26H38N2O3S. The summed E-state index contributed by atoms with van der Waals surface area (Å²) in [6.45, 7) is 15.7. The smallest absolute Gasteiger partial charge is 0.324 e. The fourth-order valence-electron chi connectivity index (χ4n) is 2.71. The first-order valence-electron chi connectivity index (χ1n) is 11.1. The van der Waals surface area contributed by atoms with E-state index in [2.05, 4.69) is 34.3 Å². The summed E-state index contributed by atoms with van der Waals surface area (Å²) in [7, 11) is 0. The van der Waals surface area contributed by atoms with Crippen LogP contribution < -0.4 is 10.0 Å². The highest BCUT2D eigenvalue weighted by atomic mass is 32.2. The molecule has 5 nitrogen and oxygen atoms in total. The lowest BCUT2D eigenvalue weighted by molar-refractivity contribution is -0.158. The zero-order valence-corrected chi connectivity index (χ0v) is 21.4. The quantitative estimate of drug-likeness (QED) is 0.376. The fourth-order valence-corrected chi connectivity index (χ4v) is 3.61. The largest absolute Gasteiger partial charge is 0.459 e. The van der Waals surface area contributed by atoms with Gasteiger partial charge >= 0.3 is 5.97 Å². The first kappa shape index (κ1) is 27.7. The number of rotatable bonds is 8. The molecule has 176 valence electrons. The van der Waals surface area contributed by atoms with Crippen LogP contribution in [0.25, 0.3) is 11.1 Å². The average Bonchev–Trinajstić information content (AvgIpc) is 2.73. The molecule has 0 radical (unpaired) electrons. The van der Waals surface area contributed by atoms with E-state index in [4.69, 9.17) is 4.74 Å². The van der Waals surface area contributed by atoms with Crippen LogP contribution in [0.1, 0.15) is 61.0 Å². The first-order valence-corrected chi connectivity index (χ1v) is 12.0. The van der Waals surface area contributed by atoms with Crippen LogP contribution in [0.3, 0.4) is 0 Å². The van der Waals surface area contributed by atoms with Crippen LogP contribution in [0.2, 0.25) is 0 Å². The molecule has 1 unspecified atom stereocenters. The average molecular weight is 459 g/mol. The summed E-state index contributed by atoms with van der Waals surface area (Å²) in [6, 6.07) is 15.9. The second-order valence-electron chi connectivity index (χ2n) is 8.61. The minimum absolute atomic E-state index is 0.0350. The van der Waals surface area contributed by atoms with Crippen LogP contribution in [0.4, 0.5) is 0 Å². The molecule has 0 fully saturated rings. The zero-order valence-electron chi connectivity index (χ0n) is 20.6. The molecule has 2 aromatic rings. The van der Waals surface area contributed by atoms with Gasteiger partial charge in [0.15, 0.2) is 0 Å². The maximum atomic E-state index is 12.5. The molecule has 0 aliphatic heterocycles. The Labute approximate surface area is 197 Å². The number of esters is 1. The van der Waals surface area contributed by atoms with E-state index in [1.165, 1.54) is 18.9 Å². The molecule has 2 rings (SSSR count). The van der Waals surface area contributed by atoms with Gasteiger partial charge in [-0.2, -0.15) is 0 Å². The minimum Gasteiger partial charge on any atom is -0.459 e. The lowest BCUT2D eigenvalue weighted by atomic mass is 10.0. The summed E-state index contributed by atoms with van der Waals surface area (Å²) in [5.41, 5.74) is 2.78. The minimum atomic E-state index is -0.504. The van der Waals surface area contributed by atoms with E-state index in [1.807, 2.05) is 72.7 Å². The summed E-state index contributed by atoms with van der Waals surface area (Å²) < 4.78 is 8.78. The molecule has 2 aromatic carbocycles. The van der Waals surface area contributed by atoms with Crippen molar-refractivity contribution in [2.24, 2.45) is 5.92 Å². The topological polar surface area (TPSA) is 67.4 Å². The third kappa shape index (κ3) is 9.88. The summed E-state index contributed by atoms with van der Waals surface area (Å²) in [6.07, 6.45) is 0. The lowest BCUT2D eigenvalue weighted by Gasteiger charge is -2.26. The molecule has 0 saturated carbocycles. The molecule has 0 aliphatic carbocycles. The van der Waals surface area contributed by atoms with Crippen LogP contribution in [0.15, 0.2) is 53.4 Å². The third-order valence-electron chi connectivity index (χ3n) is 4.31. The Morgan fingerprint density at radius 3 is 1.88 bits per heavy atom. The van der Waals surface area contributed by atoms with Gasteiger partial charge in [0.2, 0.25) is 5.91 Å². The summed E-state index contributed by atoms with van der Waals surface area (Å²) in [4.78, 5) is 24.5. The normalized spacial score (nSPS) is 11.9. The summed E-state index contributed by atoms with van der Waals surface area (Å²) in [5.74, 6) is -0.157. The van der Waals surface area contributed by atoms with E-state index in [9.17, 15) is 9.59 Å².